The number of rotatable bonds is 3. The molecule has 0 radical (unpaired) electrons. The Balaban J connectivity index is 2.02. The summed E-state index contributed by atoms with van der Waals surface area (Å²) in [5.74, 6) is -0.128. The van der Waals surface area contributed by atoms with Crippen LogP contribution in [0.25, 0.3) is 0 Å². The Kier molecular flexibility index (Phi) is 3.36. The SMILES string of the molecule is CC(NC(=O)C1(C)CNC(=O)C1)c1ccccc1. The number of hydrogen-bond acceptors (Lipinski definition) is 2. The van der Waals surface area contributed by atoms with Crippen LogP contribution < -0.4 is 10.6 Å². The lowest BCUT2D eigenvalue weighted by molar-refractivity contribution is -0.131. The minimum atomic E-state index is -0.625. The van der Waals surface area contributed by atoms with Gasteiger partial charge in [0.05, 0.1) is 11.5 Å². The molecule has 2 N–H and O–H groups in total. The molecule has 1 aromatic rings. The summed E-state index contributed by atoms with van der Waals surface area (Å²) >= 11 is 0. The van der Waals surface area contributed by atoms with Crippen LogP contribution in [0.1, 0.15) is 31.9 Å². The van der Waals surface area contributed by atoms with Gasteiger partial charge in [0.25, 0.3) is 0 Å². The zero-order chi connectivity index (χ0) is 13.2. The van der Waals surface area contributed by atoms with Crippen molar-refractivity contribution in [2.75, 3.05) is 6.54 Å². The summed E-state index contributed by atoms with van der Waals surface area (Å²) in [7, 11) is 0. The monoisotopic (exact) mass is 246 g/mol. The van der Waals surface area contributed by atoms with Crippen LogP contribution in [-0.2, 0) is 9.59 Å². The Morgan fingerprint density at radius 2 is 2.06 bits per heavy atom. The summed E-state index contributed by atoms with van der Waals surface area (Å²) in [6.45, 7) is 4.18. The van der Waals surface area contributed by atoms with Crippen LogP contribution in [0, 0.1) is 5.41 Å². The first-order chi connectivity index (χ1) is 8.51. The molecule has 1 heterocycles. The molecule has 0 spiro atoms. The molecule has 1 aromatic carbocycles. The minimum absolute atomic E-state index is 0.0498. The van der Waals surface area contributed by atoms with Gasteiger partial charge in [-0.15, -0.1) is 0 Å². The third-order valence-electron chi connectivity index (χ3n) is 3.42. The molecule has 2 rings (SSSR count). The van der Waals surface area contributed by atoms with Gasteiger partial charge in [0.2, 0.25) is 11.8 Å². The van der Waals surface area contributed by atoms with Crippen molar-refractivity contribution in [3.05, 3.63) is 35.9 Å². The minimum Gasteiger partial charge on any atom is -0.355 e. The second kappa shape index (κ2) is 4.80. The Labute approximate surface area is 107 Å². The molecule has 2 unspecified atom stereocenters. The van der Waals surface area contributed by atoms with Crippen molar-refractivity contribution in [3.63, 3.8) is 0 Å². The fourth-order valence-electron chi connectivity index (χ4n) is 2.13. The first-order valence-electron chi connectivity index (χ1n) is 6.14. The lowest BCUT2D eigenvalue weighted by atomic mass is 9.88. The zero-order valence-electron chi connectivity index (χ0n) is 10.7. The van der Waals surface area contributed by atoms with Crippen molar-refractivity contribution in [1.29, 1.82) is 0 Å². The van der Waals surface area contributed by atoms with E-state index >= 15 is 0 Å². The zero-order valence-corrected chi connectivity index (χ0v) is 10.7. The van der Waals surface area contributed by atoms with E-state index < -0.39 is 5.41 Å². The lowest BCUT2D eigenvalue weighted by Gasteiger charge is -2.23. The Hall–Kier alpha value is -1.84. The van der Waals surface area contributed by atoms with E-state index in [1.54, 1.807) is 0 Å². The van der Waals surface area contributed by atoms with E-state index in [2.05, 4.69) is 10.6 Å². The van der Waals surface area contributed by atoms with Gasteiger partial charge >= 0.3 is 0 Å². The van der Waals surface area contributed by atoms with Crippen LogP contribution in [0.2, 0.25) is 0 Å². The molecule has 2 atom stereocenters. The maximum Gasteiger partial charge on any atom is 0.228 e. The average Bonchev–Trinajstić information content (AvgIpc) is 2.71. The van der Waals surface area contributed by atoms with E-state index in [1.165, 1.54) is 0 Å². The molecule has 0 saturated carbocycles. The molecule has 4 nitrogen and oxygen atoms in total. The molecule has 0 aliphatic carbocycles. The summed E-state index contributed by atoms with van der Waals surface area (Å²) < 4.78 is 0. The Bertz CT molecular complexity index is 458. The Morgan fingerprint density at radius 1 is 1.39 bits per heavy atom. The maximum atomic E-state index is 12.2. The van der Waals surface area contributed by atoms with Gasteiger partial charge in [0.15, 0.2) is 0 Å². The summed E-state index contributed by atoms with van der Waals surface area (Å²) in [5.41, 5.74) is 0.437. The fourth-order valence-corrected chi connectivity index (χ4v) is 2.13. The quantitative estimate of drug-likeness (QED) is 0.846. The van der Waals surface area contributed by atoms with Gasteiger partial charge in [-0.25, -0.2) is 0 Å². The smallest absolute Gasteiger partial charge is 0.228 e. The van der Waals surface area contributed by atoms with Crippen molar-refractivity contribution in [3.8, 4) is 0 Å². The number of carbonyl (C=O) groups excluding carboxylic acids is 2. The van der Waals surface area contributed by atoms with Crippen LogP contribution in [-0.4, -0.2) is 18.4 Å². The van der Waals surface area contributed by atoms with Crippen LogP contribution in [0.15, 0.2) is 30.3 Å². The number of carbonyl (C=O) groups is 2. The van der Waals surface area contributed by atoms with E-state index in [0.29, 0.717) is 6.54 Å². The van der Waals surface area contributed by atoms with Crippen molar-refractivity contribution >= 4 is 11.8 Å². The average molecular weight is 246 g/mol. The Morgan fingerprint density at radius 3 is 2.61 bits per heavy atom. The van der Waals surface area contributed by atoms with E-state index in [-0.39, 0.29) is 24.3 Å². The predicted octanol–water partition coefficient (Wildman–Crippen LogP) is 1.39. The predicted molar refractivity (Wildman–Crippen MR) is 68.7 cm³/mol. The highest BCUT2D eigenvalue weighted by atomic mass is 16.2. The van der Waals surface area contributed by atoms with Gasteiger partial charge < -0.3 is 10.6 Å². The summed E-state index contributed by atoms with van der Waals surface area (Å²) in [5, 5.41) is 5.67. The molecular weight excluding hydrogens is 228 g/mol. The van der Waals surface area contributed by atoms with Crippen LogP contribution in [0.5, 0.6) is 0 Å². The van der Waals surface area contributed by atoms with Gasteiger partial charge in [-0.1, -0.05) is 30.3 Å². The second-order valence-corrected chi connectivity index (χ2v) is 5.12. The number of amides is 2. The first kappa shape index (κ1) is 12.6. The van der Waals surface area contributed by atoms with E-state index in [1.807, 2.05) is 44.2 Å². The van der Waals surface area contributed by atoms with E-state index in [0.717, 1.165) is 5.56 Å². The molecule has 1 aliphatic rings. The highest BCUT2D eigenvalue weighted by Crippen LogP contribution is 2.26. The topological polar surface area (TPSA) is 58.2 Å². The number of benzene rings is 1. The van der Waals surface area contributed by atoms with E-state index in [4.69, 9.17) is 0 Å². The molecule has 4 heteroatoms. The standard InChI is InChI=1S/C14H18N2O2/c1-10(11-6-4-3-5-7-11)16-13(18)14(2)8-12(17)15-9-14/h3-7,10H,8-9H2,1-2H3,(H,15,17)(H,16,18). The fraction of sp³-hybridized carbons (Fsp3) is 0.429. The first-order valence-corrected chi connectivity index (χ1v) is 6.14. The highest BCUT2D eigenvalue weighted by Gasteiger charge is 2.41. The summed E-state index contributed by atoms with van der Waals surface area (Å²) in [6, 6.07) is 9.74. The van der Waals surface area contributed by atoms with Gasteiger partial charge in [0.1, 0.15) is 0 Å². The molecule has 96 valence electrons. The third-order valence-corrected chi connectivity index (χ3v) is 3.42. The molecule has 18 heavy (non-hydrogen) atoms. The van der Waals surface area contributed by atoms with Crippen LogP contribution >= 0.6 is 0 Å². The molecule has 1 saturated heterocycles. The number of hydrogen-bond donors (Lipinski definition) is 2. The van der Waals surface area contributed by atoms with Gasteiger partial charge in [-0.3, -0.25) is 9.59 Å². The lowest BCUT2D eigenvalue weighted by Crippen LogP contribution is -2.41. The van der Waals surface area contributed by atoms with Gasteiger partial charge in [0, 0.05) is 13.0 Å². The maximum absolute atomic E-state index is 12.2. The third kappa shape index (κ3) is 2.53. The molecule has 1 aliphatic heterocycles. The molecule has 0 aromatic heterocycles. The van der Waals surface area contributed by atoms with Crippen molar-refractivity contribution in [2.45, 2.75) is 26.3 Å². The number of nitrogens with one attached hydrogen (secondary N) is 2. The summed E-state index contributed by atoms with van der Waals surface area (Å²) in [4.78, 5) is 23.4. The van der Waals surface area contributed by atoms with Crippen molar-refractivity contribution in [1.82, 2.24) is 10.6 Å². The molecule has 2 amide bonds. The normalized spacial score (nSPS) is 24.4. The highest BCUT2D eigenvalue weighted by molar-refractivity contribution is 5.92. The summed E-state index contributed by atoms with van der Waals surface area (Å²) in [6.07, 6.45) is 0.264. The largest absolute Gasteiger partial charge is 0.355 e. The van der Waals surface area contributed by atoms with Crippen LogP contribution in [0.4, 0.5) is 0 Å². The molecule has 1 fully saturated rings. The van der Waals surface area contributed by atoms with E-state index in [9.17, 15) is 9.59 Å². The van der Waals surface area contributed by atoms with Gasteiger partial charge in [-0.2, -0.15) is 0 Å². The molecular formula is C14H18N2O2. The van der Waals surface area contributed by atoms with Crippen LogP contribution in [0.3, 0.4) is 0 Å². The molecule has 0 bridgehead atoms. The van der Waals surface area contributed by atoms with Crippen molar-refractivity contribution in [2.24, 2.45) is 5.41 Å². The van der Waals surface area contributed by atoms with Crippen molar-refractivity contribution < 1.29 is 9.59 Å². The van der Waals surface area contributed by atoms with Gasteiger partial charge in [-0.05, 0) is 19.4 Å². The second-order valence-electron chi connectivity index (χ2n) is 5.12.